The monoisotopic (exact) mass is 493 g/mol. The van der Waals surface area contributed by atoms with Gasteiger partial charge in [-0.3, -0.25) is 14.7 Å². The molecule has 1 fully saturated rings. The van der Waals surface area contributed by atoms with E-state index in [1.807, 2.05) is 36.1 Å². The molecule has 3 aromatic rings. The first-order valence-electron chi connectivity index (χ1n) is 12.5. The lowest BCUT2D eigenvalue weighted by molar-refractivity contribution is -0.138. The molecule has 1 aromatic heterocycles. The summed E-state index contributed by atoms with van der Waals surface area (Å²) in [5, 5.41) is 0. The van der Waals surface area contributed by atoms with Crippen LogP contribution in [-0.2, 0) is 25.7 Å². The predicted molar refractivity (Wildman–Crippen MR) is 133 cm³/mol. The third-order valence-corrected chi connectivity index (χ3v) is 7.40. The number of aromatic nitrogens is 1. The summed E-state index contributed by atoms with van der Waals surface area (Å²) in [7, 11) is 0. The van der Waals surface area contributed by atoms with Crippen molar-refractivity contribution in [3.8, 4) is 0 Å². The average molecular weight is 494 g/mol. The van der Waals surface area contributed by atoms with Crippen molar-refractivity contribution in [2.45, 2.75) is 51.4 Å². The van der Waals surface area contributed by atoms with Gasteiger partial charge in [0.25, 0.3) is 5.91 Å². The van der Waals surface area contributed by atoms with Gasteiger partial charge in [-0.15, -0.1) is 0 Å². The van der Waals surface area contributed by atoms with Gasteiger partial charge in [-0.25, -0.2) is 0 Å². The van der Waals surface area contributed by atoms with Gasteiger partial charge < -0.3 is 4.90 Å². The van der Waals surface area contributed by atoms with Crippen LogP contribution in [0.4, 0.5) is 13.2 Å². The molecule has 2 aromatic carbocycles. The van der Waals surface area contributed by atoms with Crippen molar-refractivity contribution in [1.29, 1.82) is 0 Å². The fraction of sp³-hybridized carbons (Fsp3) is 0.379. The van der Waals surface area contributed by atoms with Crippen LogP contribution in [0.1, 0.15) is 62.8 Å². The van der Waals surface area contributed by atoms with Crippen LogP contribution in [0.3, 0.4) is 0 Å². The SMILES string of the molecule is Cc1ccc(C(=O)N2CCc3ccccc3C2)c(C2CCN(Cc3ccccc3C(F)(F)F)CC2)n1. The zero-order valence-electron chi connectivity index (χ0n) is 20.4. The van der Waals surface area contributed by atoms with Gasteiger partial charge in [0.15, 0.2) is 0 Å². The van der Waals surface area contributed by atoms with Gasteiger partial charge in [0.1, 0.15) is 0 Å². The number of rotatable bonds is 4. The Bertz CT molecular complexity index is 1250. The minimum atomic E-state index is -4.36. The summed E-state index contributed by atoms with van der Waals surface area (Å²) in [4.78, 5) is 22.4. The first-order chi connectivity index (χ1) is 17.3. The van der Waals surface area contributed by atoms with Crippen LogP contribution in [0.15, 0.2) is 60.7 Å². The van der Waals surface area contributed by atoms with E-state index >= 15 is 0 Å². The number of fused-ring (bicyclic) bond motifs is 1. The molecular weight excluding hydrogens is 463 g/mol. The minimum absolute atomic E-state index is 0.00790. The van der Waals surface area contributed by atoms with E-state index in [2.05, 4.69) is 17.0 Å². The second kappa shape index (κ2) is 10.1. The number of likely N-dealkylation sites (tertiary alicyclic amines) is 1. The number of nitrogens with zero attached hydrogens (tertiary/aromatic N) is 3. The molecule has 0 atom stereocenters. The average Bonchev–Trinajstić information content (AvgIpc) is 2.88. The Kier molecular flexibility index (Phi) is 6.84. The molecule has 1 amide bonds. The fourth-order valence-corrected chi connectivity index (χ4v) is 5.45. The minimum Gasteiger partial charge on any atom is -0.334 e. The van der Waals surface area contributed by atoms with Crippen LogP contribution in [0.5, 0.6) is 0 Å². The number of alkyl halides is 3. The molecule has 3 heterocycles. The molecule has 7 heteroatoms. The summed E-state index contributed by atoms with van der Waals surface area (Å²) >= 11 is 0. The van der Waals surface area contributed by atoms with E-state index in [9.17, 15) is 18.0 Å². The lowest BCUT2D eigenvalue weighted by Crippen LogP contribution is -2.37. The second-order valence-corrected chi connectivity index (χ2v) is 9.84. The maximum Gasteiger partial charge on any atom is 0.416 e. The highest BCUT2D eigenvalue weighted by molar-refractivity contribution is 5.95. The lowest BCUT2D eigenvalue weighted by Gasteiger charge is -2.34. The summed E-state index contributed by atoms with van der Waals surface area (Å²) in [5.74, 6) is 0.114. The standard InChI is InChI=1S/C29H30F3N3O/c1-20-10-11-25(28(36)35-17-14-21-6-2-3-7-23(21)19-35)27(33-20)22-12-15-34(16-13-22)18-24-8-4-5-9-26(24)29(30,31)32/h2-11,22H,12-19H2,1H3. The Labute approximate surface area is 209 Å². The maximum absolute atomic E-state index is 13.6. The van der Waals surface area contributed by atoms with Crippen LogP contribution in [-0.4, -0.2) is 40.3 Å². The van der Waals surface area contributed by atoms with Crippen molar-refractivity contribution in [3.05, 3.63) is 99.9 Å². The molecule has 0 unspecified atom stereocenters. The summed E-state index contributed by atoms with van der Waals surface area (Å²) in [6.45, 7) is 4.80. The van der Waals surface area contributed by atoms with Crippen molar-refractivity contribution in [3.63, 3.8) is 0 Å². The molecule has 0 spiro atoms. The number of aryl methyl sites for hydroxylation is 1. The molecule has 188 valence electrons. The van der Waals surface area contributed by atoms with Crippen LogP contribution < -0.4 is 0 Å². The largest absolute Gasteiger partial charge is 0.416 e. The lowest BCUT2D eigenvalue weighted by atomic mass is 9.89. The molecule has 0 N–H and O–H groups in total. The normalized spacial score (nSPS) is 17.2. The van der Waals surface area contributed by atoms with Crippen molar-refractivity contribution in [1.82, 2.24) is 14.8 Å². The number of piperidine rings is 1. The van der Waals surface area contributed by atoms with Crippen molar-refractivity contribution < 1.29 is 18.0 Å². The number of hydrogen-bond acceptors (Lipinski definition) is 3. The highest BCUT2D eigenvalue weighted by Gasteiger charge is 2.34. The maximum atomic E-state index is 13.6. The zero-order chi connectivity index (χ0) is 25.3. The van der Waals surface area contributed by atoms with Gasteiger partial charge in [0, 0.05) is 31.2 Å². The first kappa shape index (κ1) is 24.5. The van der Waals surface area contributed by atoms with E-state index in [0.717, 1.165) is 36.7 Å². The summed E-state index contributed by atoms with van der Waals surface area (Å²) in [6.07, 6.45) is -2.00. The highest BCUT2D eigenvalue weighted by atomic mass is 19.4. The molecule has 4 nitrogen and oxygen atoms in total. The van der Waals surface area contributed by atoms with Crippen molar-refractivity contribution in [2.24, 2.45) is 0 Å². The quantitative estimate of drug-likeness (QED) is 0.448. The molecule has 0 bridgehead atoms. The van der Waals surface area contributed by atoms with Crippen LogP contribution in [0.2, 0.25) is 0 Å². The fourth-order valence-electron chi connectivity index (χ4n) is 5.45. The molecule has 36 heavy (non-hydrogen) atoms. The van der Waals surface area contributed by atoms with E-state index in [1.165, 1.54) is 17.2 Å². The number of amides is 1. The molecule has 5 rings (SSSR count). The van der Waals surface area contributed by atoms with Gasteiger partial charge in [0.05, 0.1) is 16.8 Å². The number of benzene rings is 2. The Morgan fingerprint density at radius 1 is 0.944 bits per heavy atom. The smallest absolute Gasteiger partial charge is 0.334 e. The van der Waals surface area contributed by atoms with E-state index < -0.39 is 11.7 Å². The Morgan fingerprint density at radius 3 is 2.39 bits per heavy atom. The third-order valence-electron chi connectivity index (χ3n) is 7.40. The van der Waals surface area contributed by atoms with Gasteiger partial charge in [0.2, 0.25) is 0 Å². The highest BCUT2D eigenvalue weighted by Crippen LogP contribution is 2.35. The van der Waals surface area contributed by atoms with Crippen LogP contribution in [0, 0.1) is 6.92 Å². The topological polar surface area (TPSA) is 36.4 Å². The Hall–Kier alpha value is -3.19. The predicted octanol–water partition coefficient (Wildman–Crippen LogP) is 5.99. The number of pyridine rings is 1. The molecule has 1 saturated heterocycles. The van der Waals surface area contributed by atoms with E-state index in [1.54, 1.807) is 12.1 Å². The van der Waals surface area contributed by atoms with Gasteiger partial charge >= 0.3 is 6.18 Å². The number of carbonyl (C=O) groups is 1. The van der Waals surface area contributed by atoms with Gasteiger partial charge in [-0.05, 0) is 74.2 Å². The molecule has 2 aliphatic heterocycles. The zero-order valence-corrected chi connectivity index (χ0v) is 20.4. The summed E-state index contributed by atoms with van der Waals surface area (Å²) < 4.78 is 40.3. The van der Waals surface area contributed by atoms with Crippen LogP contribution >= 0.6 is 0 Å². The third kappa shape index (κ3) is 5.16. The molecule has 0 aliphatic carbocycles. The summed E-state index contributed by atoms with van der Waals surface area (Å²) in [6, 6.07) is 17.8. The second-order valence-electron chi connectivity index (χ2n) is 9.84. The molecular formula is C29H30F3N3O. The Morgan fingerprint density at radius 2 is 1.64 bits per heavy atom. The number of carbonyl (C=O) groups excluding carboxylic acids is 1. The number of hydrogen-bond donors (Lipinski definition) is 0. The van der Waals surface area contributed by atoms with Crippen molar-refractivity contribution in [2.75, 3.05) is 19.6 Å². The van der Waals surface area contributed by atoms with E-state index in [0.29, 0.717) is 37.3 Å². The van der Waals surface area contributed by atoms with Crippen LogP contribution in [0.25, 0.3) is 0 Å². The molecule has 2 aliphatic rings. The Balaban J connectivity index is 1.30. The first-order valence-corrected chi connectivity index (χ1v) is 12.5. The van der Waals surface area contributed by atoms with Crippen molar-refractivity contribution >= 4 is 5.91 Å². The molecule has 0 saturated carbocycles. The molecule has 0 radical (unpaired) electrons. The van der Waals surface area contributed by atoms with Gasteiger partial charge in [-0.2, -0.15) is 13.2 Å². The van der Waals surface area contributed by atoms with Gasteiger partial charge in [-0.1, -0.05) is 42.5 Å². The van der Waals surface area contributed by atoms with E-state index in [-0.39, 0.29) is 18.4 Å². The number of halogens is 3. The van der Waals surface area contributed by atoms with E-state index in [4.69, 9.17) is 4.98 Å². The summed E-state index contributed by atoms with van der Waals surface area (Å²) in [5.41, 5.74) is 4.57.